The summed E-state index contributed by atoms with van der Waals surface area (Å²) in [6.07, 6.45) is -3.03. The van der Waals surface area contributed by atoms with Crippen molar-refractivity contribution in [2.75, 3.05) is 0 Å². The Morgan fingerprint density at radius 2 is 1.83 bits per heavy atom. The highest BCUT2D eigenvalue weighted by atomic mass is 16.8. The molecule has 0 radical (unpaired) electrons. The Labute approximate surface area is 136 Å². The average molecular weight is 343 g/mol. The van der Waals surface area contributed by atoms with Gasteiger partial charge >= 0.3 is 17.9 Å². The molecule has 0 bridgehead atoms. The lowest BCUT2D eigenvalue weighted by atomic mass is 10.2. The summed E-state index contributed by atoms with van der Waals surface area (Å²) in [6.45, 7) is 4.24. The van der Waals surface area contributed by atoms with Gasteiger partial charge in [0.15, 0.2) is 12.2 Å². The summed E-state index contributed by atoms with van der Waals surface area (Å²) in [7, 11) is 0. The number of esters is 2. The van der Waals surface area contributed by atoms with Crippen molar-refractivity contribution < 1.29 is 43.0 Å². The summed E-state index contributed by atoms with van der Waals surface area (Å²) in [4.78, 5) is 62.4. The Hall–Kier alpha value is -2.49. The second kappa shape index (κ2) is 6.56. The topological polar surface area (TPSA) is 126 Å². The first-order chi connectivity index (χ1) is 11.1. The summed E-state index contributed by atoms with van der Waals surface area (Å²) >= 11 is 0. The maximum atomic E-state index is 11.8. The molecule has 2 fully saturated rings. The van der Waals surface area contributed by atoms with E-state index in [1.165, 1.54) is 20.8 Å². The fraction of sp³-hybridized carbons (Fsp3) is 0.643. The van der Waals surface area contributed by atoms with Crippen LogP contribution in [0.15, 0.2) is 0 Å². The molecule has 0 aliphatic carbocycles. The third-order valence-electron chi connectivity index (χ3n) is 3.21. The Kier molecular flexibility index (Phi) is 4.88. The number of amides is 2. The van der Waals surface area contributed by atoms with Gasteiger partial charge in [-0.3, -0.25) is 14.4 Å². The van der Waals surface area contributed by atoms with Gasteiger partial charge in [-0.2, -0.15) is 0 Å². The number of hydrogen-bond acceptors (Lipinski definition) is 9. The SMILES string of the molecule is C[C@H](OC(=O)C[C@@H]1OC(C)(C)OC1=O)C(=O)ON1C(=O)CCC1=O. The minimum absolute atomic E-state index is 0.0444. The van der Waals surface area contributed by atoms with Crippen LogP contribution in [0.2, 0.25) is 0 Å². The van der Waals surface area contributed by atoms with Crippen molar-refractivity contribution in [2.45, 2.75) is 58.0 Å². The van der Waals surface area contributed by atoms with Gasteiger partial charge in [-0.1, -0.05) is 0 Å². The highest BCUT2D eigenvalue weighted by Gasteiger charge is 2.42. The van der Waals surface area contributed by atoms with E-state index in [0.29, 0.717) is 5.06 Å². The molecule has 0 unspecified atom stereocenters. The lowest BCUT2D eigenvalue weighted by Gasteiger charge is -2.17. The van der Waals surface area contributed by atoms with Gasteiger partial charge in [0.1, 0.15) is 0 Å². The van der Waals surface area contributed by atoms with Gasteiger partial charge in [0, 0.05) is 26.7 Å². The van der Waals surface area contributed by atoms with E-state index in [-0.39, 0.29) is 12.8 Å². The van der Waals surface area contributed by atoms with Crippen molar-refractivity contribution in [3.05, 3.63) is 0 Å². The number of ether oxygens (including phenoxy) is 3. The Bertz CT molecular complexity index is 581. The van der Waals surface area contributed by atoms with Crippen LogP contribution in [-0.2, 0) is 43.0 Å². The van der Waals surface area contributed by atoms with E-state index in [1.54, 1.807) is 0 Å². The fourth-order valence-corrected chi connectivity index (χ4v) is 2.11. The third kappa shape index (κ3) is 4.07. The largest absolute Gasteiger partial charge is 0.450 e. The number of rotatable bonds is 5. The normalized spacial score (nSPS) is 23.9. The van der Waals surface area contributed by atoms with E-state index in [1.807, 2.05) is 0 Å². The zero-order valence-electron chi connectivity index (χ0n) is 13.4. The van der Waals surface area contributed by atoms with Crippen LogP contribution < -0.4 is 0 Å². The molecule has 10 heteroatoms. The molecular formula is C14H17NO9. The van der Waals surface area contributed by atoms with Crippen molar-refractivity contribution in [3.8, 4) is 0 Å². The average Bonchev–Trinajstić information content (AvgIpc) is 2.90. The zero-order chi connectivity index (χ0) is 18.1. The molecule has 2 aliphatic heterocycles. The Morgan fingerprint density at radius 1 is 1.25 bits per heavy atom. The van der Waals surface area contributed by atoms with Crippen LogP contribution in [0.4, 0.5) is 0 Å². The van der Waals surface area contributed by atoms with Gasteiger partial charge in [0.05, 0.1) is 6.42 Å². The molecule has 2 heterocycles. The van der Waals surface area contributed by atoms with Gasteiger partial charge in [0.25, 0.3) is 11.8 Å². The van der Waals surface area contributed by atoms with Crippen LogP contribution in [0, 0.1) is 0 Å². The van der Waals surface area contributed by atoms with E-state index in [2.05, 4.69) is 4.84 Å². The summed E-state index contributed by atoms with van der Waals surface area (Å²) in [6, 6.07) is 0. The predicted octanol–water partition coefficient (Wildman–Crippen LogP) is -0.407. The van der Waals surface area contributed by atoms with Gasteiger partial charge in [-0.25, -0.2) is 9.59 Å². The highest BCUT2D eigenvalue weighted by Crippen LogP contribution is 2.25. The van der Waals surface area contributed by atoms with Crippen molar-refractivity contribution in [3.63, 3.8) is 0 Å². The molecule has 0 spiro atoms. The zero-order valence-corrected chi connectivity index (χ0v) is 13.4. The molecule has 0 saturated carbocycles. The van der Waals surface area contributed by atoms with Crippen LogP contribution in [-0.4, -0.2) is 52.8 Å². The minimum Gasteiger partial charge on any atom is -0.450 e. The number of nitrogens with zero attached hydrogens (tertiary/aromatic N) is 1. The Balaban J connectivity index is 1.83. The van der Waals surface area contributed by atoms with Crippen LogP contribution in [0.25, 0.3) is 0 Å². The van der Waals surface area contributed by atoms with Crippen molar-refractivity contribution in [1.29, 1.82) is 0 Å². The Morgan fingerprint density at radius 3 is 2.33 bits per heavy atom. The van der Waals surface area contributed by atoms with E-state index in [0.717, 1.165) is 0 Å². The number of carbonyl (C=O) groups excluding carboxylic acids is 5. The first-order valence-electron chi connectivity index (χ1n) is 7.27. The standard InChI is InChI=1S/C14H17NO9/c1-7(12(19)24-15-9(16)4-5-10(15)17)21-11(18)6-8-13(20)23-14(2,3)22-8/h7-8H,4-6H2,1-3H3/t7-,8-/m0/s1. The van der Waals surface area contributed by atoms with Gasteiger partial charge < -0.3 is 19.0 Å². The van der Waals surface area contributed by atoms with Crippen LogP contribution in [0.1, 0.15) is 40.0 Å². The molecule has 24 heavy (non-hydrogen) atoms. The van der Waals surface area contributed by atoms with Gasteiger partial charge in [-0.15, -0.1) is 5.06 Å². The molecule has 0 aromatic carbocycles. The number of imide groups is 1. The van der Waals surface area contributed by atoms with Gasteiger partial charge in [-0.05, 0) is 6.92 Å². The third-order valence-corrected chi connectivity index (χ3v) is 3.21. The highest BCUT2D eigenvalue weighted by molar-refractivity contribution is 6.01. The van der Waals surface area contributed by atoms with E-state index in [4.69, 9.17) is 14.2 Å². The van der Waals surface area contributed by atoms with Crippen LogP contribution in [0.5, 0.6) is 0 Å². The molecule has 2 amide bonds. The lowest BCUT2D eigenvalue weighted by Crippen LogP contribution is -2.37. The molecule has 0 aromatic rings. The minimum atomic E-state index is -1.37. The molecule has 2 saturated heterocycles. The molecule has 2 aliphatic rings. The van der Waals surface area contributed by atoms with Crippen molar-refractivity contribution in [1.82, 2.24) is 5.06 Å². The maximum Gasteiger partial charge on any atom is 0.373 e. The molecule has 0 N–H and O–H groups in total. The van der Waals surface area contributed by atoms with Crippen molar-refractivity contribution in [2.24, 2.45) is 0 Å². The smallest absolute Gasteiger partial charge is 0.373 e. The number of hydroxylamine groups is 2. The summed E-state index contributed by atoms with van der Waals surface area (Å²) in [5.74, 6) is -5.10. The van der Waals surface area contributed by atoms with E-state index >= 15 is 0 Å². The molecule has 2 atom stereocenters. The van der Waals surface area contributed by atoms with Crippen molar-refractivity contribution >= 4 is 29.7 Å². The summed E-state index contributed by atoms with van der Waals surface area (Å²) in [5.41, 5.74) is 0. The van der Waals surface area contributed by atoms with Crippen LogP contribution in [0.3, 0.4) is 0 Å². The monoisotopic (exact) mass is 343 g/mol. The molecule has 0 aromatic heterocycles. The second-order valence-electron chi connectivity index (χ2n) is 5.76. The van der Waals surface area contributed by atoms with Gasteiger partial charge in [0.2, 0.25) is 5.79 Å². The molecular weight excluding hydrogens is 326 g/mol. The first kappa shape index (κ1) is 17.9. The van der Waals surface area contributed by atoms with E-state index in [9.17, 15) is 24.0 Å². The summed E-state index contributed by atoms with van der Waals surface area (Å²) < 4.78 is 14.9. The number of carbonyl (C=O) groups is 5. The second-order valence-corrected chi connectivity index (χ2v) is 5.76. The lowest BCUT2D eigenvalue weighted by molar-refractivity contribution is -0.205. The van der Waals surface area contributed by atoms with Crippen LogP contribution >= 0.6 is 0 Å². The summed E-state index contributed by atoms with van der Waals surface area (Å²) in [5, 5.41) is 0.354. The van der Waals surface area contributed by atoms with E-state index < -0.39 is 54.1 Å². The number of cyclic esters (lactones) is 1. The first-order valence-corrected chi connectivity index (χ1v) is 7.27. The molecule has 2 rings (SSSR count). The molecule has 10 nitrogen and oxygen atoms in total. The molecule has 132 valence electrons. The number of hydrogen-bond donors (Lipinski definition) is 0. The maximum absolute atomic E-state index is 11.8. The quantitative estimate of drug-likeness (QED) is 0.484. The predicted molar refractivity (Wildman–Crippen MR) is 72.4 cm³/mol. The fourth-order valence-electron chi connectivity index (χ4n) is 2.11.